The van der Waals surface area contributed by atoms with Crippen LogP contribution in [0.25, 0.3) is 0 Å². The van der Waals surface area contributed by atoms with Crippen LogP contribution in [0.3, 0.4) is 0 Å². The molecule has 0 spiro atoms. The average molecular weight is 327 g/mol. The molecule has 3 rings (SSSR count). The third-order valence-electron chi connectivity index (χ3n) is 3.87. The highest BCUT2D eigenvalue weighted by molar-refractivity contribution is 5.29. The molecule has 0 radical (unpaired) electrons. The molecule has 0 aliphatic rings. The third-order valence-corrected chi connectivity index (χ3v) is 3.87. The second-order valence-corrected chi connectivity index (χ2v) is 5.56. The second kappa shape index (κ2) is 6.70. The van der Waals surface area contributed by atoms with Crippen molar-refractivity contribution >= 4 is 0 Å². The molecular formula is C18H18FN3O2. The van der Waals surface area contributed by atoms with Crippen LogP contribution in [0, 0.1) is 5.82 Å². The number of benzene rings is 2. The Morgan fingerprint density at radius 2 is 1.75 bits per heavy atom. The van der Waals surface area contributed by atoms with E-state index in [4.69, 9.17) is 4.74 Å². The molecule has 0 saturated carbocycles. The maximum Gasteiger partial charge on any atom is 0.348 e. The first-order valence-corrected chi connectivity index (χ1v) is 7.57. The standard InChI is InChI=1S/C18H18FN3O2/c1-21-18(23)22(17(20-21)24-2)12-14-9-7-13(8-10-14)11-15-5-3-4-6-16(15)19/h3-10H,11-12H2,1-2H3. The van der Waals surface area contributed by atoms with Crippen molar-refractivity contribution in [2.24, 2.45) is 7.05 Å². The molecular weight excluding hydrogens is 309 g/mol. The van der Waals surface area contributed by atoms with Crippen LogP contribution in [0.4, 0.5) is 4.39 Å². The van der Waals surface area contributed by atoms with Gasteiger partial charge in [-0.15, -0.1) is 5.10 Å². The maximum absolute atomic E-state index is 13.7. The lowest BCUT2D eigenvalue weighted by atomic mass is 10.0. The SMILES string of the molecule is COc1nn(C)c(=O)n1Cc1ccc(Cc2ccccc2F)cc1. The van der Waals surface area contributed by atoms with Crippen molar-refractivity contribution in [1.29, 1.82) is 0 Å². The molecule has 0 bridgehead atoms. The van der Waals surface area contributed by atoms with Crippen molar-refractivity contribution in [3.05, 3.63) is 81.5 Å². The lowest BCUT2D eigenvalue weighted by molar-refractivity contribution is 0.357. The van der Waals surface area contributed by atoms with Crippen LogP contribution in [-0.4, -0.2) is 21.5 Å². The molecule has 0 aliphatic carbocycles. The Morgan fingerprint density at radius 1 is 1.08 bits per heavy atom. The fourth-order valence-electron chi connectivity index (χ4n) is 2.57. The molecule has 0 amide bonds. The van der Waals surface area contributed by atoms with Crippen LogP contribution in [0.15, 0.2) is 53.3 Å². The van der Waals surface area contributed by atoms with E-state index < -0.39 is 0 Å². The summed E-state index contributed by atoms with van der Waals surface area (Å²) in [5.41, 5.74) is 2.38. The zero-order valence-corrected chi connectivity index (χ0v) is 13.6. The molecule has 6 heteroatoms. The number of rotatable bonds is 5. The number of hydrogen-bond acceptors (Lipinski definition) is 3. The lowest BCUT2D eigenvalue weighted by Gasteiger charge is -2.07. The molecule has 2 aromatic carbocycles. The van der Waals surface area contributed by atoms with Gasteiger partial charge in [0, 0.05) is 13.5 Å². The molecule has 1 heterocycles. The van der Waals surface area contributed by atoms with Gasteiger partial charge in [-0.25, -0.2) is 18.4 Å². The van der Waals surface area contributed by atoms with Crippen molar-refractivity contribution in [3.63, 3.8) is 0 Å². The van der Waals surface area contributed by atoms with Gasteiger partial charge in [-0.2, -0.15) is 0 Å². The molecule has 3 aromatic rings. The maximum atomic E-state index is 13.7. The van der Waals surface area contributed by atoms with Crippen LogP contribution < -0.4 is 10.4 Å². The van der Waals surface area contributed by atoms with Crippen molar-refractivity contribution in [3.8, 4) is 6.01 Å². The van der Waals surface area contributed by atoms with Gasteiger partial charge in [0.25, 0.3) is 0 Å². The highest BCUT2D eigenvalue weighted by atomic mass is 19.1. The predicted molar refractivity (Wildman–Crippen MR) is 88.8 cm³/mol. The minimum atomic E-state index is -0.234. The topological polar surface area (TPSA) is 49.1 Å². The Bertz CT molecular complexity index is 897. The first-order chi connectivity index (χ1) is 11.6. The Hall–Kier alpha value is -2.89. The summed E-state index contributed by atoms with van der Waals surface area (Å²) in [6.45, 7) is 0.371. The average Bonchev–Trinajstić information content (AvgIpc) is 2.86. The molecule has 124 valence electrons. The van der Waals surface area contributed by atoms with Gasteiger partial charge in [-0.3, -0.25) is 0 Å². The summed E-state index contributed by atoms with van der Waals surface area (Å²) in [4.78, 5) is 12.0. The van der Waals surface area contributed by atoms with E-state index in [0.717, 1.165) is 11.1 Å². The van der Waals surface area contributed by atoms with Gasteiger partial charge in [0.15, 0.2) is 0 Å². The smallest absolute Gasteiger partial charge is 0.348 e. The van der Waals surface area contributed by atoms with Crippen LogP contribution >= 0.6 is 0 Å². The Labute approximate surface area is 138 Å². The second-order valence-electron chi connectivity index (χ2n) is 5.56. The first kappa shape index (κ1) is 16.0. The highest BCUT2D eigenvalue weighted by Gasteiger charge is 2.11. The highest BCUT2D eigenvalue weighted by Crippen LogP contribution is 2.15. The van der Waals surface area contributed by atoms with Crippen LogP contribution in [0.5, 0.6) is 6.01 Å². The number of aromatic nitrogens is 3. The van der Waals surface area contributed by atoms with E-state index in [2.05, 4.69) is 5.10 Å². The van der Waals surface area contributed by atoms with Crippen molar-refractivity contribution < 1.29 is 9.13 Å². The molecule has 24 heavy (non-hydrogen) atoms. The number of halogens is 1. The zero-order chi connectivity index (χ0) is 17.1. The summed E-state index contributed by atoms with van der Waals surface area (Å²) >= 11 is 0. The van der Waals surface area contributed by atoms with Crippen LogP contribution in [0.2, 0.25) is 0 Å². The minimum absolute atomic E-state index is 0.201. The summed E-state index contributed by atoms with van der Waals surface area (Å²) in [5, 5.41) is 4.01. The van der Waals surface area contributed by atoms with Gasteiger partial charge in [0.2, 0.25) is 0 Å². The van der Waals surface area contributed by atoms with Gasteiger partial charge in [-0.1, -0.05) is 42.5 Å². The summed E-state index contributed by atoms with van der Waals surface area (Å²) in [5.74, 6) is -0.201. The number of ether oxygens (including phenoxy) is 1. The normalized spacial score (nSPS) is 10.8. The van der Waals surface area contributed by atoms with Gasteiger partial charge in [-0.05, 0) is 22.8 Å². The first-order valence-electron chi connectivity index (χ1n) is 7.57. The van der Waals surface area contributed by atoms with E-state index in [0.29, 0.717) is 18.5 Å². The zero-order valence-electron chi connectivity index (χ0n) is 13.6. The number of hydrogen-bond donors (Lipinski definition) is 0. The van der Waals surface area contributed by atoms with Crippen molar-refractivity contribution in [2.45, 2.75) is 13.0 Å². The van der Waals surface area contributed by atoms with Crippen LogP contribution in [-0.2, 0) is 20.0 Å². The van der Waals surface area contributed by atoms with E-state index in [1.807, 2.05) is 30.3 Å². The van der Waals surface area contributed by atoms with Crippen molar-refractivity contribution in [1.82, 2.24) is 14.3 Å². The molecule has 0 aliphatic heterocycles. The molecule has 0 unspecified atom stereocenters. The van der Waals surface area contributed by atoms with Crippen LogP contribution in [0.1, 0.15) is 16.7 Å². The largest absolute Gasteiger partial charge is 0.467 e. The van der Waals surface area contributed by atoms with Gasteiger partial charge < -0.3 is 4.74 Å². The molecule has 0 fully saturated rings. The Balaban J connectivity index is 1.78. The molecule has 5 nitrogen and oxygen atoms in total. The summed E-state index contributed by atoms with van der Waals surface area (Å²) in [6.07, 6.45) is 0.531. The van der Waals surface area contributed by atoms with E-state index in [1.165, 1.54) is 22.4 Å². The molecule has 0 saturated heterocycles. The van der Waals surface area contributed by atoms with E-state index >= 15 is 0 Å². The fraction of sp³-hybridized carbons (Fsp3) is 0.222. The number of aryl methyl sites for hydroxylation is 1. The minimum Gasteiger partial charge on any atom is -0.467 e. The Kier molecular flexibility index (Phi) is 4.46. The predicted octanol–water partition coefficient (Wildman–Crippen LogP) is 2.37. The third kappa shape index (κ3) is 3.22. The van der Waals surface area contributed by atoms with Gasteiger partial charge >= 0.3 is 11.7 Å². The molecule has 0 N–H and O–H groups in total. The number of methoxy groups -OCH3 is 1. The van der Waals surface area contributed by atoms with Crippen molar-refractivity contribution in [2.75, 3.05) is 7.11 Å². The number of nitrogens with zero attached hydrogens (tertiary/aromatic N) is 3. The van der Waals surface area contributed by atoms with E-state index in [9.17, 15) is 9.18 Å². The molecule has 0 atom stereocenters. The van der Waals surface area contributed by atoms with E-state index in [-0.39, 0.29) is 17.5 Å². The fourth-order valence-corrected chi connectivity index (χ4v) is 2.57. The van der Waals surface area contributed by atoms with Gasteiger partial charge in [0.1, 0.15) is 5.82 Å². The summed E-state index contributed by atoms with van der Waals surface area (Å²) in [7, 11) is 3.06. The lowest BCUT2D eigenvalue weighted by Crippen LogP contribution is -2.23. The molecule has 1 aromatic heterocycles. The Morgan fingerprint density at radius 3 is 2.42 bits per heavy atom. The summed E-state index contributed by atoms with van der Waals surface area (Å²) in [6, 6.07) is 14.8. The van der Waals surface area contributed by atoms with Gasteiger partial charge in [0.05, 0.1) is 13.7 Å². The monoisotopic (exact) mass is 327 g/mol. The summed E-state index contributed by atoms with van der Waals surface area (Å²) < 4.78 is 21.5. The quantitative estimate of drug-likeness (QED) is 0.723. The van der Waals surface area contributed by atoms with E-state index in [1.54, 1.807) is 19.2 Å².